The first-order valence-electron chi connectivity index (χ1n) is 7.27. The van der Waals surface area contributed by atoms with Gasteiger partial charge in [0.05, 0.1) is 11.4 Å². The molecule has 0 amide bonds. The summed E-state index contributed by atoms with van der Waals surface area (Å²) < 4.78 is 40.5. The first kappa shape index (κ1) is 15.8. The summed E-state index contributed by atoms with van der Waals surface area (Å²) >= 11 is 0. The van der Waals surface area contributed by atoms with Crippen molar-refractivity contribution in [3.05, 3.63) is 35.2 Å². The summed E-state index contributed by atoms with van der Waals surface area (Å²) in [6.07, 6.45) is 0. The van der Waals surface area contributed by atoms with Gasteiger partial charge in [-0.05, 0) is 19.9 Å². The van der Waals surface area contributed by atoms with E-state index in [-0.39, 0.29) is 11.4 Å². The average molecular weight is 337 g/mol. The minimum absolute atomic E-state index is 0.128. The summed E-state index contributed by atoms with van der Waals surface area (Å²) in [6, 6.07) is 5.44. The molecule has 0 aliphatic carbocycles. The maximum Gasteiger partial charge on any atom is 0.244 e. The second kappa shape index (κ2) is 5.86. The minimum Gasteiger partial charge on any atom is -0.486 e. The van der Waals surface area contributed by atoms with Crippen LogP contribution in [0.2, 0.25) is 0 Å². The van der Waals surface area contributed by atoms with Crippen LogP contribution in [-0.2, 0) is 23.6 Å². The van der Waals surface area contributed by atoms with Gasteiger partial charge in [0.1, 0.15) is 18.1 Å². The molecule has 0 saturated heterocycles. The fraction of sp³-hybridized carbons (Fsp3) is 0.400. The highest BCUT2D eigenvalue weighted by Gasteiger charge is 2.24. The van der Waals surface area contributed by atoms with E-state index in [2.05, 4.69) is 9.82 Å². The summed E-state index contributed by atoms with van der Waals surface area (Å²) in [5.41, 5.74) is 1.82. The Kier molecular flexibility index (Phi) is 4.03. The standard InChI is InChI=1S/C15H19N3O4S/c1-10-15(11(2)18(3)17-10)23(19,20)16-9-12-5-4-6-13-14(12)22-8-7-21-13/h4-6,16H,7-9H2,1-3H3. The Bertz CT molecular complexity index is 843. The van der Waals surface area contributed by atoms with Crippen molar-refractivity contribution in [2.75, 3.05) is 13.2 Å². The van der Waals surface area contributed by atoms with E-state index < -0.39 is 10.0 Å². The third-order valence-corrected chi connectivity index (χ3v) is 5.46. The molecule has 0 saturated carbocycles. The SMILES string of the molecule is Cc1nn(C)c(C)c1S(=O)(=O)NCc1cccc2c1OCCO2. The summed E-state index contributed by atoms with van der Waals surface area (Å²) in [6.45, 7) is 4.50. The monoisotopic (exact) mass is 337 g/mol. The van der Waals surface area contributed by atoms with Crippen LogP contribution >= 0.6 is 0 Å². The number of rotatable bonds is 4. The second-order valence-electron chi connectivity index (χ2n) is 5.39. The summed E-state index contributed by atoms with van der Waals surface area (Å²) in [4.78, 5) is 0.224. The van der Waals surface area contributed by atoms with Crippen molar-refractivity contribution in [2.45, 2.75) is 25.3 Å². The smallest absolute Gasteiger partial charge is 0.244 e. The molecule has 1 aliphatic heterocycles. The van der Waals surface area contributed by atoms with Crippen LogP contribution in [0.3, 0.4) is 0 Å². The van der Waals surface area contributed by atoms with E-state index in [1.165, 1.54) is 0 Å². The van der Waals surface area contributed by atoms with E-state index in [1.807, 2.05) is 18.2 Å². The van der Waals surface area contributed by atoms with Crippen LogP contribution < -0.4 is 14.2 Å². The van der Waals surface area contributed by atoms with Crippen molar-refractivity contribution in [2.24, 2.45) is 7.05 Å². The van der Waals surface area contributed by atoms with E-state index in [0.29, 0.717) is 36.1 Å². The lowest BCUT2D eigenvalue weighted by Gasteiger charge is -2.21. The molecule has 1 N–H and O–H groups in total. The minimum atomic E-state index is -3.66. The van der Waals surface area contributed by atoms with Crippen LogP contribution in [0.15, 0.2) is 23.1 Å². The predicted octanol–water partition coefficient (Wildman–Crippen LogP) is 1.29. The number of sulfonamides is 1. The Morgan fingerprint density at radius 3 is 2.70 bits per heavy atom. The van der Waals surface area contributed by atoms with Crippen LogP contribution in [0.4, 0.5) is 0 Å². The molecule has 23 heavy (non-hydrogen) atoms. The molecule has 0 unspecified atom stereocenters. The fourth-order valence-electron chi connectivity index (χ4n) is 2.66. The van der Waals surface area contributed by atoms with Crippen molar-refractivity contribution < 1.29 is 17.9 Å². The molecular formula is C15H19N3O4S. The molecule has 0 atom stereocenters. The highest BCUT2D eigenvalue weighted by Crippen LogP contribution is 2.33. The molecule has 0 spiro atoms. The molecule has 2 heterocycles. The van der Waals surface area contributed by atoms with E-state index in [1.54, 1.807) is 25.6 Å². The molecule has 1 aromatic heterocycles. The molecule has 2 aromatic rings. The molecule has 124 valence electrons. The Balaban J connectivity index is 1.86. The molecule has 1 aliphatic rings. The van der Waals surface area contributed by atoms with Crippen molar-refractivity contribution in [1.82, 2.24) is 14.5 Å². The quantitative estimate of drug-likeness (QED) is 0.909. The predicted molar refractivity (Wildman–Crippen MR) is 84.1 cm³/mol. The zero-order valence-electron chi connectivity index (χ0n) is 13.3. The summed E-state index contributed by atoms with van der Waals surface area (Å²) in [5, 5.41) is 4.15. The van der Waals surface area contributed by atoms with Gasteiger partial charge in [0, 0.05) is 19.2 Å². The van der Waals surface area contributed by atoms with E-state index >= 15 is 0 Å². The number of hydrogen-bond acceptors (Lipinski definition) is 5. The van der Waals surface area contributed by atoms with Gasteiger partial charge in [0.15, 0.2) is 11.5 Å². The van der Waals surface area contributed by atoms with Gasteiger partial charge in [-0.15, -0.1) is 0 Å². The van der Waals surface area contributed by atoms with Gasteiger partial charge in [-0.2, -0.15) is 5.10 Å². The van der Waals surface area contributed by atoms with Crippen molar-refractivity contribution in [3.8, 4) is 11.5 Å². The van der Waals surface area contributed by atoms with Gasteiger partial charge in [-0.1, -0.05) is 12.1 Å². The highest BCUT2D eigenvalue weighted by atomic mass is 32.2. The Morgan fingerprint density at radius 2 is 2.00 bits per heavy atom. The number of nitrogens with one attached hydrogen (secondary N) is 1. The van der Waals surface area contributed by atoms with Crippen LogP contribution in [0, 0.1) is 13.8 Å². The zero-order chi connectivity index (χ0) is 16.6. The van der Waals surface area contributed by atoms with Crippen molar-refractivity contribution >= 4 is 10.0 Å². The molecule has 3 rings (SSSR count). The van der Waals surface area contributed by atoms with Gasteiger partial charge < -0.3 is 9.47 Å². The third-order valence-electron chi connectivity index (χ3n) is 3.81. The molecular weight excluding hydrogens is 318 g/mol. The molecule has 0 bridgehead atoms. The number of hydrogen-bond donors (Lipinski definition) is 1. The largest absolute Gasteiger partial charge is 0.486 e. The summed E-state index contributed by atoms with van der Waals surface area (Å²) in [7, 11) is -1.93. The number of para-hydroxylation sites is 1. The van der Waals surface area contributed by atoms with Gasteiger partial charge in [0.2, 0.25) is 10.0 Å². The van der Waals surface area contributed by atoms with Crippen LogP contribution in [0.25, 0.3) is 0 Å². The number of benzene rings is 1. The van der Waals surface area contributed by atoms with E-state index in [0.717, 1.165) is 5.56 Å². The van der Waals surface area contributed by atoms with E-state index in [9.17, 15) is 8.42 Å². The highest BCUT2D eigenvalue weighted by molar-refractivity contribution is 7.89. The van der Waals surface area contributed by atoms with Gasteiger partial charge >= 0.3 is 0 Å². The lowest BCUT2D eigenvalue weighted by Crippen LogP contribution is -2.25. The number of aryl methyl sites for hydroxylation is 2. The third kappa shape index (κ3) is 2.91. The maximum atomic E-state index is 12.6. The number of aromatic nitrogens is 2. The van der Waals surface area contributed by atoms with Crippen molar-refractivity contribution in [3.63, 3.8) is 0 Å². The lowest BCUT2D eigenvalue weighted by atomic mass is 10.2. The molecule has 0 radical (unpaired) electrons. The Morgan fingerprint density at radius 1 is 1.26 bits per heavy atom. The summed E-state index contributed by atoms with van der Waals surface area (Å²) in [5.74, 6) is 1.24. The number of nitrogens with zero attached hydrogens (tertiary/aromatic N) is 2. The van der Waals surface area contributed by atoms with Crippen LogP contribution in [0.5, 0.6) is 11.5 Å². The normalized spacial score (nSPS) is 14.0. The Labute approximate surface area is 135 Å². The molecule has 1 aromatic carbocycles. The van der Waals surface area contributed by atoms with Crippen LogP contribution in [-0.4, -0.2) is 31.4 Å². The second-order valence-corrected chi connectivity index (χ2v) is 7.09. The fourth-order valence-corrected chi connectivity index (χ4v) is 4.10. The topological polar surface area (TPSA) is 82.5 Å². The lowest BCUT2D eigenvalue weighted by molar-refractivity contribution is 0.170. The van der Waals surface area contributed by atoms with Gasteiger partial charge in [-0.25, -0.2) is 13.1 Å². The van der Waals surface area contributed by atoms with Gasteiger partial charge in [0.25, 0.3) is 0 Å². The molecule has 8 heteroatoms. The first-order valence-corrected chi connectivity index (χ1v) is 8.76. The van der Waals surface area contributed by atoms with E-state index in [4.69, 9.17) is 9.47 Å². The average Bonchev–Trinajstić information content (AvgIpc) is 2.78. The molecule has 0 fully saturated rings. The maximum absolute atomic E-state index is 12.6. The van der Waals surface area contributed by atoms with Gasteiger partial charge in [-0.3, -0.25) is 4.68 Å². The van der Waals surface area contributed by atoms with Crippen molar-refractivity contribution in [1.29, 1.82) is 0 Å². The molecule has 7 nitrogen and oxygen atoms in total. The number of fused-ring (bicyclic) bond motifs is 1. The Hall–Kier alpha value is -2.06. The van der Waals surface area contributed by atoms with Crippen LogP contribution in [0.1, 0.15) is 17.0 Å². The first-order chi connectivity index (χ1) is 10.9. The zero-order valence-corrected chi connectivity index (χ0v) is 14.1. The number of ether oxygens (including phenoxy) is 2.